The fraction of sp³-hybridized carbons (Fsp3) is 0.500. The molecule has 7 heteroatoms. The summed E-state index contributed by atoms with van der Waals surface area (Å²) in [7, 11) is 2.47. The molecule has 0 N–H and O–H groups in total. The van der Waals surface area contributed by atoms with Gasteiger partial charge in [-0.05, 0) is 12.8 Å². The van der Waals surface area contributed by atoms with Crippen molar-refractivity contribution in [2.75, 3.05) is 20.8 Å². The molecule has 114 valence electrons. The number of hydrogen-bond acceptors (Lipinski definition) is 7. The van der Waals surface area contributed by atoms with Crippen molar-refractivity contribution in [2.45, 2.75) is 25.6 Å². The van der Waals surface area contributed by atoms with Gasteiger partial charge in [-0.1, -0.05) is 0 Å². The van der Waals surface area contributed by atoms with Crippen LogP contribution < -0.4 is 4.74 Å². The first kappa shape index (κ1) is 15.2. The molecule has 0 aromatic carbocycles. The Hall–Kier alpha value is -2.15. The van der Waals surface area contributed by atoms with Crippen LogP contribution in [0.3, 0.4) is 0 Å². The molecule has 1 saturated heterocycles. The molecule has 0 aliphatic carbocycles. The molecule has 2 rings (SSSR count). The van der Waals surface area contributed by atoms with Crippen LogP contribution in [-0.4, -0.2) is 44.0 Å². The van der Waals surface area contributed by atoms with Gasteiger partial charge in [0.15, 0.2) is 17.7 Å². The summed E-state index contributed by atoms with van der Waals surface area (Å²) in [6.07, 6.45) is 2.36. The first-order valence-corrected chi connectivity index (χ1v) is 6.61. The topological polar surface area (TPSA) is 84.0 Å². The maximum atomic E-state index is 11.6. The highest BCUT2D eigenvalue weighted by Gasteiger charge is 2.20. The van der Waals surface area contributed by atoms with Gasteiger partial charge in [0.25, 0.3) is 0 Å². The van der Waals surface area contributed by atoms with Gasteiger partial charge < -0.3 is 18.9 Å². The fourth-order valence-electron chi connectivity index (χ4n) is 1.95. The summed E-state index contributed by atoms with van der Waals surface area (Å²) < 4.78 is 20.3. The number of pyridine rings is 1. The Morgan fingerprint density at radius 3 is 2.24 bits per heavy atom. The standard InChI is InChI=1S/C14H17NO6/c1-18-13(16)10-7-9(8-11(15-10)14(17)19-2)21-12-5-3-4-6-20-12/h7-8,12H,3-6H2,1-2H3/t12-/m1/s1. The Kier molecular flexibility index (Phi) is 5.10. The van der Waals surface area contributed by atoms with E-state index in [1.165, 1.54) is 26.4 Å². The number of nitrogens with zero attached hydrogens (tertiary/aromatic N) is 1. The average molecular weight is 295 g/mol. The van der Waals surface area contributed by atoms with Crippen molar-refractivity contribution in [3.8, 4) is 5.75 Å². The van der Waals surface area contributed by atoms with Crippen LogP contribution in [0.5, 0.6) is 5.75 Å². The second-order valence-electron chi connectivity index (χ2n) is 4.47. The van der Waals surface area contributed by atoms with E-state index >= 15 is 0 Å². The van der Waals surface area contributed by atoms with Crippen LogP contribution in [0.15, 0.2) is 12.1 Å². The Balaban J connectivity index is 2.25. The number of hydrogen-bond donors (Lipinski definition) is 0. The van der Waals surface area contributed by atoms with Gasteiger partial charge in [-0.25, -0.2) is 14.6 Å². The molecule has 1 aliphatic heterocycles. The Morgan fingerprint density at radius 1 is 1.14 bits per heavy atom. The van der Waals surface area contributed by atoms with E-state index in [1.807, 2.05) is 0 Å². The summed E-state index contributed by atoms with van der Waals surface area (Å²) in [5.41, 5.74) is -0.0441. The minimum Gasteiger partial charge on any atom is -0.465 e. The van der Waals surface area contributed by atoms with Crippen LogP contribution in [0.25, 0.3) is 0 Å². The van der Waals surface area contributed by atoms with E-state index in [-0.39, 0.29) is 11.4 Å². The lowest BCUT2D eigenvalue weighted by molar-refractivity contribution is -0.106. The minimum absolute atomic E-state index is 0.0220. The lowest BCUT2D eigenvalue weighted by Crippen LogP contribution is -2.25. The van der Waals surface area contributed by atoms with Crippen LogP contribution in [0, 0.1) is 0 Å². The van der Waals surface area contributed by atoms with Crippen molar-refractivity contribution in [3.63, 3.8) is 0 Å². The van der Waals surface area contributed by atoms with Gasteiger partial charge in [0.2, 0.25) is 0 Å². The predicted octanol–water partition coefficient (Wildman–Crippen LogP) is 1.56. The van der Waals surface area contributed by atoms with E-state index in [2.05, 4.69) is 14.5 Å². The van der Waals surface area contributed by atoms with Crippen molar-refractivity contribution in [2.24, 2.45) is 0 Å². The molecule has 1 atom stereocenters. The third-order valence-corrected chi connectivity index (χ3v) is 2.99. The third kappa shape index (κ3) is 3.91. The molecule has 1 aliphatic rings. The minimum atomic E-state index is -0.657. The summed E-state index contributed by atoms with van der Waals surface area (Å²) >= 11 is 0. The Bertz CT molecular complexity index is 490. The third-order valence-electron chi connectivity index (χ3n) is 2.99. The van der Waals surface area contributed by atoms with E-state index in [0.29, 0.717) is 12.4 Å². The number of carbonyl (C=O) groups excluding carboxylic acids is 2. The highest BCUT2D eigenvalue weighted by Crippen LogP contribution is 2.21. The number of ether oxygens (including phenoxy) is 4. The van der Waals surface area contributed by atoms with Gasteiger partial charge in [-0.3, -0.25) is 0 Å². The highest BCUT2D eigenvalue weighted by atomic mass is 16.7. The normalized spacial score (nSPS) is 17.9. The SMILES string of the molecule is COC(=O)c1cc(O[C@@H]2CCCCO2)cc(C(=O)OC)n1. The van der Waals surface area contributed by atoms with E-state index in [1.54, 1.807) is 0 Å². The molecule has 0 radical (unpaired) electrons. The second kappa shape index (κ2) is 7.03. The van der Waals surface area contributed by atoms with Crippen molar-refractivity contribution in [1.29, 1.82) is 0 Å². The molecular formula is C14H17NO6. The molecule has 0 bridgehead atoms. The molecule has 1 aromatic heterocycles. The number of carbonyl (C=O) groups is 2. The maximum absolute atomic E-state index is 11.6. The molecule has 1 aromatic rings. The molecule has 7 nitrogen and oxygen atoms in total. The lowest BCUT2D eigenvalue weighted by Gasteiger charge is -2.23. The molecule has 0 unspecified atom stereocenters. The monoisotopic (exact) mass is 295 g/mol. The molecule has 0 saturated carbocycles. The number of aromatic nitrogens is 1. The highest BCUT2D eigenvalue weighted by molar-refractivity contribution is 5.92. The number of esters is 2. The van der Waals surface area contributed by atoms with Crippen molar-refractivity contribution in [3.05, 3.63) is 23.5 Å². The maximum Gasteiger partial charge on any atom is 0.356 e. The van der Waals surface area contributed by atoms with E-state index in [0.717, 1.165) is 19.3 Å². The summed E-state index contributed by atoms with van der Waals surface area (Å²) in [5, 5.41) is 0. The zero-order valence-corrected chi connectivity index (χ0v) is 12.0. The van der Waals surface area contributed by atoms with E-state index < -0.39 is 18.2 Å². The van der Waals surface area contributed by atoms with E-state index in [4.69, 9.17) is 9.47 Å². The van der Waals surface area contributed by atoms with Crippen LogP contribution in [0.1, 0.15) is 40.2 Å². The molecule has 1 fully saturated rings. The summed E-state index contributed by atoms with van der Waals surface area (Å²) in [4.78, 5) is 27.1. The molecule has 21 heavy (non-hydrogen) atoms. The second-order valence-corrected chi connectivity index (χ2v) is 4.47. The lowest BCUT2D eigenvalue weighted by atomic mass is 10.2. The van der Waals surface area contributed by atoms with Gasteiger partial charge in [-0.15, -0.1) is 0 Å². The first-order valence-electron chi connectivity index (χ1n) is 6.61. The Labute approximate surface area is 122 Å². The zero-order chi connectivity index (χ0) is 15.2. The summed E-state index contributed by atoms with van der Waals surface area (Å²) in [5.74, 6) is -0.997. The molecule has 0 amide bonds. The summed E-state index contributed by atoms with van der Waals surface area (Å²) in [6.45, 7) is 0.628. The van der Waals surface area contributed by atoms with Crippen LogP contribution in [0.2, 0.25) is 0 Å². The number of rotatable bonds is 4. The largest absolute Gasteiger partial charge is 0.465 e. The fourth-order valence-corrected chi connectivity index (χ4v) is 1.95. The zero-order valence-electron chi connectivity index (χ0n) is 12.0. The smallest absolute Gasteiger partial charge is 0.356 e. The van der Waals surface area contributed by atoms with E-state index in [9.17, 15) is 9.59 Å². The molecular weight excluding hydrogens is 278 g/mol. The van der Waals surface area contributed by atoms with Gasteiger partial charge >= 0.3 is 11.9 Å². The van der Waals surface area contributed by atoms with Crippen molar-refractivity contribution >= 4 is 11.9 Å². The van der Waals surface area contributed by atoms with Crippen LogP contribution in [0.4, 0.5) is 0 Å². The first-order chi connectivity index (χ1) is 10.1. The Morgan fingerprint density at radius 2 is 1.76 bits per heavy atom. The van der Waals surface area contributed by atoms with Gasteiger partial charge in [0.05, 0.1) is 20.8 Å². The van der Waals surface area contributed by atoms with Crippen molar-refractivity contribution in [1.82, 2.24) is 4.98 Å². The molecule has 2 heterocycles. The van der Waals surface area contributed by atoms with Gasteiger partial charge in [0, 0.05) is 18.6 Å². The number of methoxy groups -OCH3 is 2. The average Bonchev–Trinajstić information content (AvgIpc) is 2.53. The van der Waals surface area contributed by atoms with Gasteiger partial charge in [-0.2, -0.15) is 0 Å². The van der Waals surface area contributed by atoms with Crippen molar-refractivity contribution < 1.29 is 28.5 Å². The predicted molar refractivity (Wildman–Crippen MR) is 71.1 cm³/mol. The quantitative estimate of drug-likeness (QED) is 0.779. The van der Waals surface area contributed by atoms with Crippen LogP contribution in [-0.2, 0) is 14.2 Å². The van der Waals surface area contributed by atoms with Crippen LogP contribution >= 0.6 is 0 Å². The molecule has 0 spiro atoms. The van der Waals surface area contributed by atoms with Gasteiger partial charge in [0.1, 0.15) is 5.75 Å². The summed E-state index contributed by atoms with van der Waals surface area (Å²) in [6, 6.07) is 2.83.